The number of amides is 1. The molecule has 0 radical (unpaired) electrons. The molecule has 0 bridgehead atoms. The zero-order valence-corrected chi connectivity index (χ0v) is 13.9. The highest BCUT2D eigenvalue weighted by Crippen LogP contribution is 2.30. The van der Waals surface area contributed by atoms with Gasteiger partial charge in [0.05, 0.1) is 13.2 Å². The van der Waals surface area contributed by atoms with E-state index in [1.165, 1.54) is 0 Å². The second kappa shape index (κ2) is 6.30. The number of fused-ring (bicyclic) bond motifs is 2. The largest absolute Gasteiger partial charge is 0.493 e. The third-order valence-electron chi connectivity index (χ3n) is 4.74. The average molecular weight is 366 g/mol. The molecule has 0 unspecified atom stereocenters. The summed E-state index contributed by atoms with van der Waals surface area (Å²) in [5.41, 5.74) is 2.21. The lowest BCUT2D eigenvalue weighted by Gasteiger charge is -2.28. The predicted octanol–water partition coefficient (Wildman–Crippen LogP) is 2.21. The van der Waals surface area contributed by atoms with Gasteiger partial charge in [0.1, 0.15) is 5.75 Å². The molecule has 0 atom stereocenters. The number of rotatable bonds is 3. The van der Waals surface area contributed by atoms with Gasteiger partial charge < -0.3 is 14.2 Å². The van der Waals surface area contributed by atoms with Gasteiger partial charge >= 0.3 is 6.18 Å². The molecule has 3 heterocycles. The second-order valence-electron chi connectivity index (χ2n) is 6.45. The molecular formula is C17H17F3N4O2. The SMILES string of the molecule is O=C(CCc1ccc2c(c1)CCO2)N1CCn2c(nnc2C(F)(F)F)C1. The Morgan fingerprint density at radius 3 is 2.88 bits per heavy atom. The summed E-state index contributed by atoms with van der Waals surface area (Å²) in [5, 5.41) is 6.83. The number of halogens is 3. The first-order chi connectivity index (χ1) is 12.4. The van der Waals surface area contributed by atoms with Crippen molar-refractivity contribution in [3.8, 4) is 5.75 Å². The second-order valence-corrected chi connectivity index (χ2v) is 6.45. The topological polar surface area (TPSA) is 60.2 Å². The number of carbonyl (C=O) groups is 1. The molecule has 0 saturated heterocycles. The number of aromatic nitrogens is 3. The summed E-state index contributed by atoms with van der Waals surface area (Å²) in [6.45, 7) is 1.02. The Morgan fingerprint density at radius 2 is 2.08 bits per heavy atom. The molecule has 1 aromatic heterocycles. The number of alkyl halides is 3. The third-order valence-corrected chi connectivity index (χ3v) is 4.74. The monoisotopic (exact) mass is 366 g/mol. The molecule has 0 aliphatic carbocycles. The Hall–Kier alpha value is -2.58. The van der Waals surface area contributed by atoms with Crippen molar-refractivity contribution in [2.75, 3.05) is 13.2 Å². The minimum Gasteiger partial charge on any atom is -0.493 e. The summed E-state index contributed by atoms with van der Waals surface area (Å²) in [4.78, 5) is 14.0. The van der Waals surface area contributed by atoms with E-state index in [1.807, 2.05) is 12.1 Å². The number of hydrogen-bond acceptors (Lipinski definition) is 4. The molecule has 2 aliphatic rings. The third kappa shape index (κ3) is 3.13. The van der Waals surface area contributed by atoms with Crippen molar-refractivity contribution in [3.05, 3.63) is 41.0 Å². The number of ether oxygens (including phenoxy) is 1. The molecule has 9 heteroatoms. The minimum atomic E-state index is -4.53. The maximum Gasteiger partial charge on any atom is 0.451 e. The maximum atomic E-state index is 12.9. The van der Waals surface area contributed by atoms with Crippen LogP contribution < -0.4 is 4.74 Å². The Labute approximate surface area is 147 Å². The number of nitrogens with zero attached hydrogens (tertiary/aromatic N) is 4. The molecule has 4 rings (SSSR count). The van der Waals surface area contributed by atoms with Crippen LogP contribution in [0.1, 0.15) is 29.2 Å². The first-order valence-corrected chi connectivity index (χ1v) is 8.43. The summed E-state index contributed by atoms with van der Waals surface area (Å²) in [6, 6.07) is 5.92. The van der Waals surface area contributed by atoms with Gasteiger partial charge in [0, 0.05) is 25.9 Å². The maximum absolute atomic E-state index is 12.9. The molecule has 2 aliphatic heterocycles. The van der Waals surface area contributed by atoms with Crippen molar-refractivity contribution >= 4 is 5.91 Å². The van der Waals surface area contributed by atoms with Gasteiger partial charge in [-0.15, -0.1) is 10.2 Å². The van der Waals surface area contributed by atoms with Gasteiger partial charge in [-0.3, -0.25) is 4.79 Å². The number of carbonyl (C=O) groups excluding carboxylic acids is 1. The number of aryl methyl sites for hydroxylation is 1. The standard InChI is InChI=1S/C17H17F3N4O2/c18-17(19,20)16-22-21-14-10-23(6-7-24(14)16)15(25)4-2-11-1-3-13-12(9-11)5-8-26-13/h1,3,9H,2,4-8,10H2. The molecule has 6 nitrogen and oxygen atoms in total. The van der Waals surface area contributed by atoms with Crippen LogP contribution in [-0.4, -0.2) is 38.7 Å². The zero-order valence-electron chi connectivity index (χ0n) is 13.9. The van der Waals surface area contributed by atoms with Crippen molar-refractivity contribution in [1.29, 1.82) is 0 Å². The lowest BCUT2D eigenvalue weighted by molar-refractivity contribution is -0.148. The smallest absolute Gasteiger partial charge is 0.451 e. The van der Waals surface area contributed by atoms with Crippen molar-refractivity contribution in [2.45, 2.75) is 38.5 Å². The van der Waals surface area contributed by atoms with E-state index in [2.05, 4.69) is 16.3 Å². The van der Waals surface area contributed by atoms with Gasteiger partial charge in [0.25, 0.3) is 0 Å². The molecule has 2 aromatic rings. The van der Waals surface area contributed by atoms with Crippen LogP contribution in [0.4, 0.5) is 13.2 Å². The van der Waals surface area contributed by atoms with Gasteiger partial charge in [0.2, 0.25) is 11.7 Å². The number of benzene rings is 1. The van der Waals surface area contributed by atoms with E-state index in [1.54, 1.807) is 4.90 Å². The Morgan fingerprint density at radius 1 is 1.23 bits per heavy atom. The van der Waals surface area contributed by atoms with Crippen LogP contribution in [0.15, 0.2) is 18.2 Å². The Kier molecular flexibility index (Phi) is 4.08. The molecule has 0 fully saturated rings. The van der Waals surface area contributed by atoms with E-state index in [4.69, 9.17) is 4.74 Å². The lowest BCUT2D eigenvalue weighted by atomic mass is 10.0. The van der Waals surface area contributed by atoms with Gasteiger partial charge in [-0.2, -0.15) is 13.2 Å². The van der Waals surface area contributed by atoms with Gasteiger partial charge in [-0.1, -0.05) is 12.1 Å². The fourth-order valence-electron chi connectivity index (χ4n) is 3.39. The van der Waals surface area contributed by atoms with Crippen LogP contribution in [0.2, 0.25) is 0 Å². The normalized spacial score (nSPS) is 16.2. The summed E-state index contributed by atoms with van der Waals surface area (Å²) in [7, 11) is 0. The minimum absolute atomic E-state index is 0.0547. The fraction of sp³-hybridized carbons (Fsp3) is 0.471. The highest BCUT2D eigenvalue weighted by molar-refractivity contribution is 5.76. The van der Waals surface area contributed by atoms with E-state index >= 15 is 0 Å². The summed E-state index contributed by atoms with van der Waals surface area (Å²) in [6.07, 6.45) is -2.77. The highest BCUT2D eigenvalue weighted by atomic mass is 19.4. The number of hydrogen-bond donors (Lipinski definition) is 0. The average Bonchev–Trinajstić information content (AvgIpc) is 3.24. The van der Waals surface area contributed by atoms with E-state index in [0.29, 0.717) is 19.4 Å². The predicted molar refractivity (Wildman–Crippen MR) is 84.4 cm³/mol. The molecule has 138 valence electrons. The summed E-state index contributed by atoms with van der Waals surface area (Å²) in [5.74, 6) is -0.0213. The van der Waals surface area contributed by atoms with E-state index in [0.717, 1.165) is 27.9 Å². The lowest BCUT2D eigenvalue weighted by Crippen LogP contribution is -2.39. The molecule has 0 saturated carbocycles. The fourth-order valence-corrected chi connectivity index (χ4v) is 3.39. The van der Waals surface area contributed by atoms with E-state index in [9.17, 15) is 18.0 Å². The molecule has 1 aromatic carbocycles. The van der Waals surface area contributed by atoms with Crippen LogP contribution in [0, 0.1) is 0 Å². The van der Waals surface area contributed by atoms with Gasteiger partial charge in [0.15, 0.2) is 5.82 Å². The van der Waals surface area contributed by atoms with Crippen molar-refractivity contribution < 1.29 is 22.7 Å². The molecular weight excluding hydrogens is 349 g/mol. The first-order valence-electron chi connectivity index (χ1n) is 8.43. The van der Waals surface area contributed by atoms with Crippen LogP contribution in [0.3, 0.4) is 0 Å². The highest BCUT2D eigenvalue weighted by Gasteiger charge is 2.39. The van der Waals surface area contributed by atoms with Crippen LogP contribution in [0.5, 0.6) is 5.75 Å². The molecule has 26 heavy (non-hydrogen) atoms. The van der Waals surface area contributed by atoms with E-state index < -0.39 is 12.0 Å². The Balaban J connectivity index is 1.38. The molecule has 0 N–H and O–H groups in total. The molecule has 1 amide bonds. The molecule has 0 spiro atoms. The van der Waals surface area contributed by atoms with E-state index in [-0.39, 0.29) is 31.4 Å². The van der Waals surface area contributed by atoms with Crippen LogP contribution in [0.25, 0.3) is 0 Å². The van der Waals surface area contributed by atoms with Gasteiger partial charge in [-0.25, -0.2) is 0 Å². The van der Waals surface area contributed by atoms with Crippen molar-refractivity contribution in [1.82, 2.24) is 19.7 Å². The zero-order chi connectivity index (χ0) is 18.3. The van der Waals surface area contributed by atoms with Crippen molar-refractivity contribution in [2.24, 2.45) is 0 Å². The van der Waals surface area contributed by atoms with Gasteiger partial charge in [-0.05, 0) is 23.6 Å². The van der Waals surface area contributed by atoms with Crippen LogP contribution >= 0.6 is 0 Å². The Bertz CT molecular complexity index is 847. The quantitative estimate of drug-likeness (QED) is 0.836. The van der Waals surface area contributed by atoms with Crippen molar-refractivity contribution in [3.63, 3.8) is 0 Å². The summed E-state index contributed by atoms with van der Waals surface area (Å²) < 4.78 is 45.1. The first kappa shape index (κ1) is 16.9. The van der Waals surface area contributed by atoms with Crippen LogP contribution in [-0.2, 0) is 36.9 Å². The summed E-state index contributed by atoms with van der Waals surface area (Å²) >= 11 is 0.